The van der Waals surface area contributed by atoms with Crippen molar-refractivity contribution in [3.63, 3.8) is 0 Å². The highest BCUT2D eigenvalue weighted by Gasteiger charge is 2.21. The van der Waals surface area contributed by atoms with Crippen molar-refractivity contribution in [3.8, 4) is 0 Å². The smallest absolute Gasteiger partial charge is 0.259 e. The molecule has 0 bridgehead atoms. The minimum atomic E-state index is -3.46. The van der Waals surface area contributed by atoms with Crippen LogP contribution >= 0.6 is 0 Å². The Balaban J connectivity index is 3.22. The lowest BCUT2D eigenvalue weighted by Gasteiger charge is -2.02. The van der Waals surface area contributed by atoms with E-state index in [2.05, 4.69) is 20.2 Å². The molecule has 0 spiro atoms. The summed E-state index contributed by atoms with van der Waals surface area (Å²) < 4.78 is 25.2. The van der Waals surface area contributed by atoms with E-state index in [0.717, 1.165) is 5.69 Å². The average molecular weight is 218 g/mol. The van der Waals surface area contributed by atoms with Gasteiger partial charge in [-0.3, -0.25) is 5.10 Å². The van der Waals surface area contributed by atoms with Crippen molar-refractivity contribution < 1.29 is 8.42 Å². The molecule has 0 saturated carbocycles. The predicted octanol–water partition coefficient (Wildman–Crippen LogP) is -0.654. The van der Waals surface area contributed by atoms with Gasteiger partial charge in [0, 0.05) is 17.8 Å². The number of nitrogens with one attached hydrogen (secondary N) is 3. The van der Waals surface area contributed by atoms with E-state index in [0.29, 0.717) is 12.1 Å². The molecule has 3 N–H and O–H groups in total. The third kappa shape index (κ3) is 1.94. The average Bonchev–Trinajstić information content (AvgIpc) is 2.50. The monoisotopic (exact) mass is 218 g/mol. The lowest BCUT2D eigenvalue weighted by Crippen LogP contribution is -2.21. The van der Waals surface area contributed by atoms with Gasteiger partial charge in [0.1, 0.15) is 0 Å². The maximum Gasteiger partial charge on any atom is 0.259 e. The van der Waals surface area contributed by atoms with Crippen LogP contribution in [0.15, 0.2) is 5.03 Å². The van der Waals surface area contributed by atoms with E-state index in [1.54, 1.807) is 14.0 Å². The lowest BCUT2D eigenvalue weighted by atomic mass is 10.3. The Kier molecular flexibility index (Phi) is 3.25. The summed E-state index contributed by atoms with van der Waals surface area (Å²) in [4.78, 5) is 0. The molecule has 0 atom stereocenters. The molecule has 0 amide bonds. The third-order valence-electron chi connectivity index (χ3n) is 1.91. The molecule has 80 valence electrons. The van der Waals surface area contributed by atoms with Crippen LogP contribution in [0.4, 0.5) is 0 Å². The molecule has 1 aromatic heterocycles. The summed E-state index contributed by atoms with van der Waals surface area (Å²) in [6, 6.07) is 0. The van der Waals surface area contributed by atoms with E-state index >= 15 is 0 Å². The molecule has 7 heteroatoms. The van der Waals surface area contributed by atoms with Crippen LogP contribution in [0.1, 0.15) is 11.3 Å². The van der Waals surface area contributed by atoms with Gasteiger partial charge in [-0.25, -0.2) is 13.1 Å². The van der Waals surface area contributed by atoms with E-state index in [1.807, 2.05) is 0 Å². The van der Waals surface area contributed by atoms with E-state index < -0.39 is 10.0 Å². The largest absolute Gasteiger partial charge is 0.316 e. The minimum absolute atomic E-state index is 0.0619. The molecule has 1 aromatic rings. The predicted molar refractivity (Wildman–Crippen MR) is 52.3 cm³/mol. The van der Waals surface area contributed by atoms with Crippen LogP contribution in [0.3, 0.4) is 0 Å². The van der Waals surface area contributed by atoms with Crippen LogP contribution in [0, 0.1) is 6.92 Å². The summed E-state index contributed by atoms with van der Waals surface area (Å²) in [6.07, 6.45) is 0. The second-order valence-corrected chi connectivity index (χ2v) is 4.67. The quantitative estimate of drug-likeness (QED) is 0.626. The fourth-order valence-electron chi connectivity index (χ4n) is 1.13. The summed E-state index contributed by atoms with van der Waals surface area (Å²) in [5.74, 6) is 0. The van der Waals surface area contributed by atoms with Crippen molar-refractivity contribution in [1.82, 2.24) is 20.2 Å². The van der Waals surface area contributed by atoms with Crippen LogP contribution < -0.4 is 10.0 Å². The molecular weight excluding hydrogens is 204 g/mol. The summed E-state index contributed by atoms with van der Waals surface area (Å²) in [5, 5.41) is 9.37. The highest BCUT2D eigenvalue weighted by atomic mass is 32.2. The van der Waals surface area contributed by atoms with Gasteiger partial charge in [-0.2, -0.15) is 5.10 Å². The zero-order chi connectivity index (χ0) is 10.8. The van der Waals surface area contributed by atoms with Crippen LogP contribution in [0.25, 0.3) is 0 Å². The van der Waals surface area contributed by atoms with Crippen molar-refractivity contribution >= 4 is 10.0 Å². The van der Waals surface area contributed by atoms with Crippen LogP contribution in [0.2, 0.25) is 0 Å². The van der Waals surface area contributed by atoms with Gasteiger partial charge in [-0.15, -0.1) is 0 Å². The molecule has 0 aliphatic heterocycles. The van der Waals surface area contributed by atoms with Crippen molar-refractivity contribution in [2.45, 2.75) is 18.5 Å². The fraction of sp³-hybridized carbons (Fsp3) is 0.571. The third-order valence-corrected chi connectivity index (χ3v) is 3.30. The summed E-state index contributed by atoms with van der Waals surface area (Å²) >= 11 is 0. The van der Waals surface area contributed by atoms with Gasteiger partial charge in [0.2, 0.25) is 0 Å². The Bertz CT molecular complexity index is 409. The summed E-state index contributed by atoms with van der Waals surface area (Å²) in [6.45, 7) is 2.26. The Morgan fingerprint density at radius 3 is 2.57 bits per heavy atom. The number of aromatic amines is 1. The molecule has 0 unspecified atom stereocenters. The number of H-pyrrole nitrogens is 1. The number of sulfonamides is 1. The van der Waals surface area contributed by atoms with Gasteiger partial charge < -0.3 is 5.32 Å². The Hall–Kier alpha value is -0.920. The number of rotatable bonds is 4. The molecule has 1 heterocycles. The molecule has 0 aliphatic rings. The number of hydrogen-bond acceptors (Lipinski definition) is 4. The van der Waals surface area contributed by atoms with Crippen molar-refractivity contribution in [3.05, 3.63) is 11.3 Å². The van der Waals surface area contributed by atoms with Gasteiger partial charge in [0.05, 0.1) is 0 Å². The minimum Gasteiger partial charge on any atom is -0.316 e. The summed E-state index contributed by atoms with van der Waals surface area (Å²) in [7, 11) is -0.347. The Labute approximate surface area is 83.1 Å². The summed E-state index contributed by atoms with van der Waals surface area (Å²) in [5.41, 5.74) is 1.43. The van der Waals surface area contributed by atoms with Crippen molar-refractivity contribution in [2.24, 2.45) is 0 Å². The van der Waals surface area contributed by atoms with Crippen LogP contribution in [0.5, 0.6) is 0 Å². The van der Waals surface area contributed by atoms with E-state index in [9.17, 15) is 8.42 Å². The molecule has 14 heavy (non-hydrogen) atoms. The van der Waals surface area contributed by atoms with E-state index in [1.165, 1.54) is 7.05 Å². The van der Waals surface area contributed by atoms with E-state index in [-0.39, 0.29) is 5.03 Å². The number of nitrogens with zero attached hydrogens (tertiary/aromatic N) is 1. The van der Waals surface area contributed by atoms with Gasteiger partial charge >= 0.3 is 0 Å². The SMILES string of the molecule is CNCc1c(S(=O)(=O)NC)n[nH]c1C. The first-order chi connectivity index (χ1) is 6.53. The zero-order valence-corrected chi connectivity index (χ0v) is 9.20. The first-order valence-corrected chi connectivity index (χ1v) is 5.63. The highest BCUT2D eigenvalue weighted by Crippen LogP contribution is 2.14. The van der Waals surface area contributed by atoms with Crippen LogP contribution in [-0.4, -0.2) is 32.7 Å². The molecule has 0 aliphatic carbocycles. The molecule has 1 rings (SSSR count). The first kappa shape index (κ1) is 11.2. The molecule has 0 aromatic carbocycles. The Morgan fingerprint density at radius 2 is 2.07 bits per heavy atom. The maximum atomic E-state index is 11.5. The highest BCUT2D eigenvalue weighted by molar-refractivity contribution is 7.89. The maximum absolute atomic E-state index is 11.5. The normalized spacial score (nSPS) is 11.9. The molecule has 0 saturated heterocycles. The van der Waals surface area contributed by atoms with Crippen molar-refractivity contribution in [2.75, 3.05) is 14.1 Å². The number of aromatic nitrogens is 2. The second-order valence-electron chi connectivity index (χ2n) is 2.87. The number of hydrogen-bond donors (Lipinski definition) is 3. The van der Waals surface area contributed by atoms with Gasteiger partial charge in [-0.1, -0.05) is 0 Å². The van der Waals surface area contributed by atoms with Gasteiger partial charge in [0.15, 0.2) is 5.03 Å². The topological polar surface area (TPSA) is 86.9 Å². The van der Waals surface area contributed by atoms with Gasteiger partial charge in [0.25, 0.3) is 10.0 Å². The number of aryl methyl sites for hydroxylation is 1. The lowest BCUT2D eigenvalue weighted by molar-refractivity contribution is 0.581. The van der Waals surface area contributed by atoms with Gasteiger partial charge in [-0.05, 0) is 21.0 Å². The Morgan fingerprint density at radius 1 is 1.43 bits per heavy atom. The molecule has 6 nitrogen and oxygen atoms in total. The zero-order valence-electron chi connectivity index (χ0n) is 8.38. The molecule has 0 fully saturated rings. The van der Waals surface area contributed by atoms with E-state index in [4.69, 9.17) is 0 Å². The fourth-order valence-corrected chi connectivity index (χ4v) is 2.04. The van der Waals surface area contributed by atoms with Crippen LogP contribution in [-0.2, 0) is 16.6 Å². The second kappa shape index (κ2) is 4.07. The standard InChI is InChI=1S/C7H14N4O2S/c1-5-6(4-8-2)7(11-10-5)14(12,13)9-3/h8-9H,4H2,1-3H3,(H,10,11). The molecular formula is C7H14N4O2S. The molecule has 0 radical (unpaired) electrons. The first-order valence-electron chi connectivity index (χ1n) is 4.15. The van der Waals surface area contributed by atoms with Crippen molar-refractivity contribution in [1.29, 1.82) is 0 Å².